The zero-order valence-electron chi connectivity index (χ0n) is 22.0. The average Bonchev–Trinajstić information content (AvgIpc) is 3.41. The molecule has 9 heteroatoms. The third-order valence-corrected chi connectivity index (χ3v) is 8.50. The Morgan fingerprint density at radius 2 is 1.84 bits per heavy atom. The summed E-state index contributed by atoms with van der Waals surface area (Å²) in [6.45, 7) is 8.21. The van der Waals surface area contributed by atoms with Gasteiger partial charge in [0, 0.05) is 23.6 Å². The van der Waals surface area contributed by atoms with Crippen LogP contribution in [-0.4, -0.2) is 37.6 Å². The van der Waals surface area contributed by atoms with Crippen molar-refractivity contribution >= 4 is 11.6 Å². The molecule has 1 aromatic carbocycles. The van der Waals surface area contributed by atoms with E-state index in [1.807, 2.05) is 30.5 Å². The van der Waals surface area contributed by atoms with Gasteiger partial charge in [-0.05, 0) is 82.3 Å². The molecule has 1 heterocycles. The molecule has 37 heavy (non-hydrogen) atoms. The van der Waals surface area contributed by atoms with Crippen molar-refractivity contribution in [3.8, 4) is 0 Å². The summed E-state index contributed by atoms with van der Waals surface area (Å²) in [4.78, 5) is 13.5. The highest BCUT2D eigenvalue weighted by Crippen LogP contribution is 2.54. The summed E-state index contributed by atoms with van der Waals surface area (Å²) in [5.74, 6) is 0.302. The third kappa shape index (κ3) is 5.03. The van der Waals surface area contributed by atoms with Crippen LogP contribution in [0.1, 0.15) is 99.4 Å². The van der Waals surface area contributed by atoms with E-state index in [0.717, 1.165) is 49.1 Å². The molecule has 6 nitrogen and oxygen atoms in total. The van der Waals surface area contributed by atoms with Crippen molar-refractivity contribution in [2.24, 2.45) is 17.8 Å². The number of nitrogens with one attached hydrogen (secondary N) is 1. The molecule has 5 rings (SSSR count). The van der Waals surface area contributed by atoms with E-state index in [9.17, 15) is 23.1 Å². The normalized spacial score (nSPS) is 30.0. The molecule has 1 unspecified atom stereocenters. The lowest BCUT2D eigenvalue weighted by Gasteiger charge is -2.36. The summed E-state index contributed by atoms with van der Waals surface area (Å²) >= 11 is 0. The van der Waals surface area contributed by atoms with E-state index in [4.69, 9.17) is 0 Å². The quantitative estimate of drug-likeness (QED) is 0.458. The van der Waals surface area contributed by atoms with Crippen LogP contribution in [0.2, 0.25) is 0 Å². The number of aliphatic hydroxyl groups is 1. The first-order valence-electron chi connectivity index (χ1n) is 13.5. The van der Waals surface area contributed by atoms with Crippen LogP contribution < -0.4 is 5.32 Å². The summed E-state index contributed by atoms with van der Waals surface area (Å²) in [7, 11) is 0. The molecule has 3 saturated carbocycles. The molecular weight excluding hydrogens is 481 g/mol. The van der Waals surface area contributed by atoms with Crippen LogP contribution in [0.5, 0.6) is 0 Å². The molecular formula is C28H37F3N4O2. The number of benzene rings is 1. The second-order valence-corrected chi connectivity index (χ2v) is 12.1. The molecule has 0 spiro atoms. The number of hydrogen-bond acceptors (Lipinski definition) is 4. The number of anilines is 1. The van der Waals surface area contributed by atoms with E-state index < -0.39 is 42.4 Å². The van der Waals surface area contributed by atoms with Crippen LogP contribution >= 0.6 is 0 Å². The Labute approximate surface area is 216 Å². The Morgan fingerprint density at radius 3 is 2.43 bits per heavy atom. The largest absolute Gasteiger partial charge is 0.417 e. The van der Waals surface area contributed by atoms with E-state index in [-0.39, 0.29) is 12.0 Å². The molecule has 3 aliphatic carbocycles. The number of hydrogen-bond donors (Lipinski definition) is 2. The van der Waals surface area contributed by atoms with Gasteiger partial charge < -0.3 is 15.0 Å². The van der Waals surface area contributed by atoms with Gasteiger partial charge in [-0.2, -0.15) is 13.2 Å². The first-order chi connectivity index (χ1) is 17.4. The van der Waals surface area contributed by atoms with Crippen molar-refractivity contribution in [2.45, 2.75) is 102 Å². The van der Waals surface area contributed by atoms with Crippen molar-refractivity contribution in [1.29, 1.82) is 0 Å². The lowest BCUT2D eigenvalue weighted by Crippen LogP contribution is -2.43. The standard InChI is InChI=1S/C28H37F3N4O2/c1-15(2)9-18-11-19(12-18)24-33-34-25(35(24)20-6-7-20)21-13-27(37,28(29,30)31)14-22(21)26(36)32-23-8-5-16(3)10-17(23)4/h5,8,10,15,18-22,37H,6-7,9,11-14H2,1-4H3,(H,32,36)/t18?,19?,21-,22-,27?/m0/s1. The highest BCUT2D eigenvalue weighted by molar-refractivity contribution is 5.94. The number of amides is 1. The predicted octanol–water partition coefficient (Wildman–Crippen LogP) is 6.20. The van der Waals surface area contributed by atoms with Crippen molar-refractivity contribution in [1.82, 2.24) is 14.8 Å². The van der Waals surface area contributed by atoms with Crippen molar-refractivity contribution in [3.05, 3.63) is 41.0 Å². The van der Waals surface area contributed by atoms with Crippen LogP contribution in [0, 0.1) is 31.6 Å². The third-order valence-electron chi connectivity index (χ3n) is 8.50. The van der Waals surface area contributed by atoms with Gasteiger partial charge in [0.15, 0.2) is 5.60 Å². The first kappa shape index (κ1) is 26.2. The molecule has 3 fully saturated rings. The lowest BCUT2D eigenvalue weighted by molar-refractivity contribution is -0.258. The highest BCUT2D eigenvalue weighted by Gasteiger charge is 2.63. The molecule has 1 aromatic heterocycles. The maximum absolute atomic E-state index is 14.0. The van der Waals surface area contributed by atoms with Gasteiger partial charge >= 0.3 is 6.18 Å². The fraction of sp³-hybridized carbons (Fsp3) is 0.679. The van der Waals surface area contributed by atoms with Gasteiger partial charge in [0.25, 0.3) is 0 Å². The molecule has 0 radical (unpaired) electrons. The van der Waals surface area contributed by atoms with Crippen molar-refractivity contribution in [3.63, 3.8) is 0 Å². The van der Waals surface area contributed by atoms with Crippen LogP contribution in [0.25, 0.3) is 0 Å². The smallest absolute Gasteiger partial charge is 0.380 e. The average molecular weight is 519 g/mol. The van der Waals surface area contributed by atoms with Crippen LogP contribution in [-0.2, 0) is 4.79 Å². The molecule has 2 aromatic rings. The summed E-state index contributed by atoms with van der Waals surface area (Å²) in [5.41, 5.74) is -0.524. The Bertz CT molecular complexity index is 1170. The van der Waals surface area contributed by atoms with Gasteiger partial charge in [-0.15, -0.1) is 10.2 Å². The number of aromatic nitrogens is 3. The Balaban J connectivity index is 1.45. The number of carbonyl (C=O) groups is 1. The minimum absolute atomic E-state index is 0.159. The Kier molecular flexibility index (Phi) is 6.66. The first-order valence-corrected chi connectivity index (χ1v) is 13.5. The second kappa shape index (κ2) is 9.40. The van der Waals surface area contributed by atoms with Crippen molar-refractivity contribution in [2.75, 3.05) is 5.32 Å². The Morgan fingerprint density at radius 1 is 1.16 bits per heavy atom. The number of rotatable bonds is 7. The number of carbonyl (C=O) groups excluding carboxylic acids is 1. The molecule has 1 amide bonds. The van der Waals surface area contributed by atoms with Crippen LogP contribution in [0.15, 0.2) is 18.2 Å². The number of halogens is 3. The maximum Gasteiger partial charge on any atom is 0.417 e. The molecule has 3 atom stereocenters. The Hall–Kier alpha value is -2.42. The number of alkyl halides is 3. The fourth-order valence-electron chi connectivity index (χ4n) is 6.41. The van der Waals surface area contributed by atoms with E-state index in [2.05, 4.69) is 29.4 Å². The monoisotopic (exact) mass is 518 g/mol. The van der Waals surface area contributed by atoms with E-state index >= 15 is 0 Å². The predicted molar refractivity (Wildman–Crippen MR) is 134 cm³/mol. The van der Waals surface area contributed by atoms with Crippen LogP contribution in [0.4, 0.5) is 18.9 Å². The molecule has 202 valence electrons. The molecule has 0 saturated heterocycles. The zero-order valence-corrected chi connectivity index (χ0v) is 22.0. The second-order valence-electron chi connectivity index (χ2n) is 12.1. The maximum atomic E-state index is 14.0. The van der Waals surface area contributed by atoms with E-state index in [1.54, 1.807) is 6.07 Å². The summed E-state index contributed by atoms with van der Waals surface area (Å²) < 4.78 is 44.0. The zero-order chi connectivity index (χ0) is 26.7. The topological polar surface area (TPSA) is 80.0 Å². The molecule has 3 aliphatic rings. The molecule has 0 aliphatic heterocycles. The fourth-order valence-corrected chi connectivity index (χ4v) is 6.41. The van der Waals surface area contributed by atoms with Gasteiger partial charge in [0.05, 0.1) is 5.92 Å². The number of nitrogens with zero attached hydrogens (tertiary/aromatic N) is 3. The lowest BCUT2D eigenvalue weighted by atomic mass is 9.71. The summed E-state index contributed by atoms with van der Waals surface area (Å²) in [5, 5.41) is 22.5. The number of aryl methyl sites for hydroxylation is 2. The molecule has 2 N–H and O–H groups in total. The SMILES string of the molecule is Cc1ccc(NC(=O)[C@H]2CC(O)(C(F)(F)F)C[C@@H]2c2nnc(C3CC(CC(C)C)C3)n2C2CC2)c(C)c1. The molecule has 0 bridgehead atoms. The van der Waals surface area contributed by atoms with Gasteiger partial charge in [-0.25, -0.2) is 0 Å². The summed E-state index contributed by atoms with van der Waals surface area (Å²) in [6, 6.07) is 5.68. The van der Waals surface area contributed by atoms with Crippen LogP contribution in [0.3, 0.4) is 0 Å². The van der Waals surface area contributed by atoms with Gasteiger partial charge in [0.2, 0.25) is 5.91 Å². The highest BCUT2D eigenvalue weighted by atomic mass is 19.4. The van der Waals surface area contributed by atoms with E-state index in [1.165, 1.54) is 0 Å². The van der Waals surface area contributed by atoms with Crippen molar-refractivity contribution < 1.29 is 23.1 Å². The summed E-state index contributed by atoms with van der Waals surface area (Å²) in [6.07, 6.45) is -1.09. The van der Waals surface area contributed by atoms with E-state index in [0.29, 0.717) is 23.3 Å². The van der Waals surface area contributed by atoms with Gasteiger partial charge in [0.1, 0.15) is 11.6 Å². The minimum Gasteiger partial charge on any atom is -0.380 e. The van der Waals surface area contributed by atoms with Gasteiger partial charge in [-0.1, -0.05) is 31.5 Å². The van der Waals surface area contributed by atoms with Gasteiger partial charge in [-0.3, -0.25) is 4.79 Å². The minimum atomic E-state index is -4.84.